The monoisotopic (exact) mass is 324 g/mol. The third-order valence-electron chi connectivity index (χ3n) is 5.24. The Morgan fingerprint density at radius 3 is 2.17 bits per heavy atom. The Kier molecular flexibility index (Phi) is 3.88. The van der Waals surface area contributed by atoms with Crippen molar-refractivity contribution in [1.82, 2.24) is 0 Å². The van der Waals surface area contributed by atoms with Crippen LogP contribution in [0.25, 0.3) is 0 Å². The largest absolute Gasteiger partial charge is 0.525 e. The molecule has 2 nitrogen and oxygen atoms in total. The summed E-state index contributed by atoms with van der Waals surface area (Å²) < 4.78 is 52.7. The van der Waals surface area contributed by atoms with Gasteiger partial charge in [0.15, 0.2) is 11.6 Å². The van der Waals surface area contributed by atoms with Crippen molar-refractivity contribution in [3.8, 4) is 0 Å². The van der Waals surface area contributed by atoms with E-state index >= 15 is 0 Å². The molecule has 0 radical (unpaired) electrons. The minimum Gasteiger partial charge on any atom is -0.398 e. The first-order chi connectivity index (χ1) is 10.6. The first-order valence-corrected chi connectivity index (χ1v) is 7.81. The molecule has 124 valence electrons. The molecule has 2 fully saturated rings. The first kappa shape index (κ1) is 16.6. The lowest BCUT2D eigenvalue weighted by Crippen LogP contribution is -2.41. The van der Waals surface area contributed by atoms with Crippen LogP contribution in [-0.2, 0) is 9.31 Å². The van der Waals surface area contributed by atoms with Gasteiger partial charge >= 0.3 is 7.12 Å². The zero-order valence-electron chi connectivity index (χ0n) is 13.8. The fraction of sp³-hybridized carbons (Fsp3) is 0.529. The van der Waals surface area contributed by atoms with E-state index in [1.807, 2.05) is 27.7 Å². The maximum absolute atomic E-state index is 14.8. The molecule has 2 aliphatic rings. The lowest BCUT2D eigenvalue weighted by atomic mass is 9.69. The van der Waals surface area contributed by atoms with Crippen LogP contribution in [0.4, 0.5) is 13.2 Å². The Balaban J connectivity index is 1.86. The Hall–Kier alpha value is -1.27. The molecule has 1 aliphatic carbocycles. The van der Waals surface area contributed by atoms with Crippen LogP contribution in [0.2, 0.25) is 0 Å². The second kappa shape index (κ2) is 5.38. The van der Waals surface area contributed by atoms with Gasteiger partial charge in [0.05, 0.1) is 11.2 Å². The van der Waals surface area contributed by atoms with E-state index in [2.05, 4.69) is 0 Å². The van der Waals surface area contributed by atoms with Crippen LogP contribution >= 0.6 is 0 Å². The van der Waals surface area contributed by atoms with Crippen molar-refractivity contribution in [2.24, 2.45) is 0 Å². The fourth-order valence-electron chi connectivity index (χ4n) is 2.91. The zero-order chi connectivity index (χ0) is 17.0. The standard InChI is InChI=1S/C17H20BF3O2/c1-16(2)17(3,4)23-18(22-16)15(21)12-7-6-11(12)10-5-8-13(19)14(20)9-10/h5,8-9,11H,6-7H2,1-4H3. The highest BCUT2D eigenvalue weighted by Gasteiger charge is 2.54. The molecule has 1 heterocycles. The Labute approximate surface area is 134 Å². The minimum absolute atomic E-state index is 0.246. The summed E-state index contributed by atoms with van der Waals surface area (Å²) >= 11 is 0. The summed E-state index contributed by atoms with van der Waals surface area (Å²) in [4.78, 5) is 0. The summed E-state index contributed by atoms with van der Waals surface area (Å²) in [5, 5.41) is 0. The van der Waals surface area contributed by atoms with Gasteiger partial charge in [0.1, 0.15) is 5.73 Å². The molecule has 0 aromatic heterocycles. The average molecular weight is 324 g/mol. The van der Waals surface area contributed by atoms with E-state index in [1.54, 1.807) is 0 Å². The lowest BCUT2D eigenvalue weighted by molar-refractivity contribution is 0.00578. The minimum atomic E-state index is -1.04. The van der Waals surface area contributed by atoms with Crippen LogP contribution in [0.3, 0.4) is 0 Å². The number of benzene rings is 1. The number of allylic oxidation sites excluding steroid dienone is 1. The SMILES string of the molecule is CC1(C)OB(C(F)=C2CCC2c2ccc(F)c(F)c2)OC1(C)C. The molecular formula is C17H20BF3O2. The van der Waals surface area contributed by atoms with Crippen molar-refractivity contribution in [3.05, 3.63) is 46.7 Å². The van der Waals surface area contributed by atoms with E-state index in [1.165, 1.54) is 6.07 Å². The van der Waals surface area contributed by atoms with E-state index in [0.717, 1.165) is 12.1 Å². The van der Waals surface area contributed by atoms with Crippen molar-refractivity contribution >= 4 is 7.12 Å². The summed E-state index contributed by atoms with van der Waals surface area (Å²) in [6.07, 6.45) is 1.27. The maximum atomic E-state index is 14.8. The second-order valence-electron chi connectivity index (χ2n) is 7.23. The average Bonchev–Trinajstić information content (AvgIpc) is 2.62. The van der Waals surface area contributed by atoms with Gasteiger partial charge in [-0.3, -0.25) is 0 Å². The first-order valence-electron chi connectivity index (χ1n) is 7.81. The van der Waals surface area contributed by atoms with Crippen LogP contribution in [0.15, 0.2) is 29.5 Å². The van der Waals surface area contributed by atoms with Crippen LogP contribution in [-0.4, -0.2) is 18.3 Å². The smallest absolute Gasteiger partial charge is 0.398 e. The van der Waals surface area contributed by atoms with Gasteiger partial charge in [-0.2, -0.15) is 0 Å². The summed E-state index contributed by atoms with van der Waals surface area (Å²) in [5.41, 5.74) is -0.538. The van der Waals surface area contributed by atoms with Gasteiger partial charge in [-0.15, -0.1) is 0 Å². The van der Waals surface area contributed by atoms with Gasteiger partial charge in [0.25, 0.3) is 0 Å². The van der Waals surface area contributed by atoms with Gasteiger partial charge in [-0.05, 0) is 63.8 Å². The van der Waals surface area contributed by atoms with E-state index in [4.69, 9.17) is 9.31 Å². The van der Waals surface area contributed by atoms with Gasteiger partial charge in [0, 0.05) is 5.92 Å². The van der Waals surface area contributed by atoms with E-state index in [9.17, 15) is 13.2 Å². The quantitative estimate of drug-likeness (QED) is 0.734. The molecule has 3 rings (SSSR count). The molecule has 1 saturated carbocycles. The molecule has 1 saturated heterocycles. The molecule has 0 amide bonds. The Bertz CT molecular complexity index is 654. The fourth-order valence-corrected chi connectivity index (χ4v) is 2.91. The van der Waals surface area contributed by atoms with E-state index in [-0.39, 0.29) is 5.92 Å². The summed E-state index contributed by atoms with van der Waals surface area (Å²) in [6.45, 7) is 7.44. The summed E-state index contributed by atoms with van der Waals surface area (Å²) in [6, 6.07) is 3.71. The highest BCUT2D eigenvalue weighted by Crippen LogP contribution is 2.47. The van der Waals surface area contributed by atoms with Crippen LogP contribution in [0.5, 0.6) is 0 Å². The molecule has 23 heavy (non-hydrogen) atoms. The molecule has 0 bridgehead atoms. The summed E-state index contributed by atoms with van der Waals surface area (Å²) in [5.74, 6) is -2.06. The third kappa shape index (κ3) is 2.72. The van der Waals surface area contributed by atoms with E-state index in [0.29, 0.717) is 24.0 Å². The van der Waals surface area contributed by atoms with Crippen molar-refractivity contribution in [2.45, 2.75) is 57.7 Å². The molecule has 0 N–H and O–H groups in total. The van der Waals surface area contributed by atoms with Gasteiger partial charge in [-0.25, -0.2) is 13.2 Å². The van der Waals surface area contributed by atoms with Crippen molar-refractivity contribution in [3.63, 3.8) is 0 Å². The molecule has 6 heteroatoms. The molecule has 1 aromatic rings. The molecule has 0 spiro atoms. The van der Waals surface area contributed by atoms with E-state index < -0.39 is 35.7 Å². The predicted molar refractivity (Wildman–Crippen MR) is 82.5 cm³/mol. The number of halogens is 3. The van der Waals surface area contributed by atoms with Crippen LogP contribution in [0, 0.1) is 11.6 Å². The number of hydrogen-bond donors (Lipinski definition) is 0. The van der Waals surface area contributed by atoms with Crippen molar-refractivity contribution in [2.75, 3.05) is 0 Å². The van der Waals surface area contributed by atoms with Gasteiger partial charge in [-0.1, -0.05) is 6.07 Å². The molecular weight excluding hydrogens is 304 g/mol. The van der Waals surface area contributed by atoms with Crippen molar-refractivity contribution < 1.29 is 22.5 Å². The second-order valence-corrected chi connectivity index (χ2v) is 7.23. The maximum Gasteiger partial charge on any atom is 0.525 e. The number of rotatable bonds is 2. The van der Waals surface area contributed by atoms with Gasteiger partial charge in [0.2, 0.25) is 0 Å². The van der Waals surface area contributed by atoms with Crippen LogP contribution in [0.1, 0.15) is 52.0 Å². The molecule has 1 atom stereocenters. The number of hydrogen-bond acceptors (Lipinski definition) is 2. The lowest BCUT2D eigenvalue weighted by Gasteiger charge is -2.32. The zero-order valence-corrected chi connectivity index (χ0v) is 13.8. The Morgan fingerprint density at radius 1 is 1.09 bits per heavy atom. The molecule has 1 aromatic carbocycles. The third-order valence-corrected chi connectivity index (χ3v) is 5.24. The highest BCUT2D eigenvalue weighted by atomic mass is 19.2. The molecule has 1 aliphatic heterocycles. The molecule has 1 unspecified atom stereocenters. The normalized spacial score (nSPS) is 27.8. The van der Waals surface area contributed by atoms with Crippen molar-refractivity contribution in [1.29, 1.82) is 0 Å². The topological polar surface area (TPSA) is 18.5 Å². The van der Waals surface area contributed by atoms with Gasteiger partial charge < -0.3 is 9.31 Å². The predicted octanol–water partition coefficient (Wildman–Crippen LogP) is 4.70. The summed E-state index contributed by atoms with van der Waals surface area (Å²) in [7, 11) is -1.04. The Morgan fingerprint density at radius 2 is 1.70 bits per heavy atom. The van der Waals surface area contributed by atoms with Crippen LogP contribution < -0.4 is 0 Å². The highest BCUT2D eigenvalue weighted by molar-refractivity contribution is 6.54.